The summed E-state index contributed by atoms with van der Waals surface area (Å²) in [5.74, 6) is 1.52. The number of rotatable bonds is 3. The van der Waals surface area contributed by atoms with Crippen molar-refractivity contribution in [3.8, 4) is 17.2 Å². The van der Waals surface area contributed by atoms with Crippen LogP contribution in [-0.4, -0.2) is 25.0 Å². The largest absolute Gasteiger partial charge is 0.493 e. The van der Waals surface area contributed by atoms with Gasteiger partial charge in [-0.15, -0.1) is 0 Å². The summed E-state index contributed by atoms with van der Waals surface area (Å²) >= 11 is 0. The number of aryl methyl sites for hydroxylation is 1. The van der Waals surface area contributed by atoms with Crippen molar-refractivity contribution >= 4 is 6.29 Å². The van der Waals surface area contributed by atoms with E-state index in [9.17, 15) is 4.79 Å². The monoisotopic (exact) mass is 285 g/mol. The number of fused-ring (bicyclic) bond motifs is 1. The van der Waals surface area contributed by atoms with Gasteiger partial charge < -0.3 is 14.2 Å². The Balaban J connectivity index is 1.94. The van der Waals surface area contributed by atoms with Gasteiger partial charge in [0.25, 0.3) is 0 Å². The third-order valence-electron chi connectivity index (χ3n) is 3.36. The molecule has 0 aliphatic carbocycles. The van der Waals surface area contributed by atoms with Crippen LogP contribution in [0.15, 0.2) is 30.5 Å². The summed E-state index contributed by atoms with van der Waals surface area (Å²) < 4.78 is 17.0. The van der Waals surface area contributed by atoms with Crippen molar-refractivity contribution in [1.82, 2.24) is 4.98 Å². The molecule has 1 aliphatic rings. The zero-order valence-corrected chi connectivity index (χ0v) is 11.8. The number of benzene rings is 1. The zero-order chi connectivity index (χ0) is 14.8. The first-order valence-corrected chi connectivity index (χ1v) is 6.60. The molecular weight excluding hydrogens is 270 g/mol. The lowest BCUT2D eigenvalue weighted by Gasteiger charge is -2.28. The SMILES string of the molecule is COc1cc(C=O)cc2c1OC(c1ccc(C)nc1)CO2. The highest BCUT2D eigenvalue weighted by atomic mass is 16.6. The van der Waals surface area contributed by atoms with Gasteiger partial charge in [-0.1, -0.05) is 6.07 Å². The Morgan fingerprint density at radius 3 is 2.90 bits per heavy atom. The average molecular weight is 285 g/mol. The van der Waals surface area contributed by atoms with E-state index in [1.54, 1.807) is 18.3 Å². The number of pyridine rings is 1. The van der Waals surface area contributed by atoms with Crippen LogP contribution in [0.2, 0.25) is 0 Å². The molecule has 5 heteroatoms. The quantitative estimate of drug-likeness (QED) is 0.812. The van der Waals surface area contributed by atoms with E-state index >= 15 is 0 Å². The maximum absolute atomic E-state index is 10.9. The van der Waals surface area contributed by atoms with Gasteiger partial charge in [0, 0.05) is 23.0 Å². The number of ether oxygens (including phenoxy) is 3. The van der Waals surface area contributed by atoms with Crippen LogP contribution in [-0.2, 0) is 0 Å². The molecule has 5 nitrogen and oxygen atoms in total. The maximum atomic E-state index is 10.9. The molecule has 1 aromatic carbocycles. The predicted octanol–water partition coefficient (Wildman–Crippen LogP) is 2.72. The first kappa shape index (κ1) is 13.4. The predicted molar refractivity (Wildman–Crippen MR) is 76.2 cm³/mol. The number of aldehydes is 1. The zero-order valence-electron chi connectivity index (χ0n) is 11.8. The fourth-order valence-corrected chi connectivity index (χ4v) is 2.22. The van der Waals surface area contributed by atoms with Crippen molar-refractivity contribution in [2.75, 3.05) is 13.7 Å². The van der Waals surface area contributed by atoms with Gasteiger partial charge in [-0.05, 0) is 25.1 Å². The van der Waals surface area contributed by atoms with Gasteiger partial charge in [0.05, 0.1) is 7.11 Å². The molecule has 3 rings (SSSR count). The van der Waals surface area contributed by atoms with Crippen LogP contribution < -0.4 is 14.2 Å². The van der Waals surface area contributed by atoms with E-state index < -0.39 is 0 Å². The summed E-state index contributed by atoms with van der Waals surface area (Å²) in [6, 6.07) is 7.17. The fourth-order valence-electron chi connectivity index (χ4n) is 2.22. The molecule has 0 radical (unpaired) electrons. The lowest BCUT2D eigenvalue weighted by molar-refractivity contribution is 0.0866. The van der Waals surface area contributed by atoms with Gasteiger partial charge in [-0.3, -0.25) is 9.78 Å². The number of hydrogen-bond donors (Lipinski definition) is 0. The van der Waals surface area contributed by atoms with Crippen LogP contribution in [0.5, 0.6) is 17.2 Å². The molecule has 0 bridgehead atoms. The minimum absolute atomic E-state index is 0.249. The highest BCUT2D eigenvalue weighted by Crippen LogP contribution is 2.43. The molecular formula is C16H15NO4. The van der Waals surface area contributed by atoms with Crippen LogP contribution in [0, 0.1) is 6.92 Å². The van der Waals surface area contributed by atoms with E-state index in [0.29, 0.717) is 29.4 Å². The van der Waals surface area contributed by atoms with Crippen LogP contribution in [0.4, 0.5) is 0 Å². The number of carbonyl (C=O) groups is 1. The fraction of sp³-hybridized carbons (Fsp3) is 0.250. The molecule has 0 amide bonds. The molecule has 2 aromatic rings. The average Bonchev–Trinajstić information content (AvgIpc) is 2.54. The Labute approximate surface area is 122 Å². The molecule has 0 spiro atoms. The van der Waals surface area contributed by atoms with Gasteiger partial charge in [0.15, 0.2) is 17.6 Å². The normalized spacial score (nSPS) is 16.4. The van der Waals surface area contributed by atoms with Crippen LogP contribution in [0.1, 0.15) is 27.7 Å². The maximum Gasteiger partial charge on any atom is 0.204 e. The Morgan fingerprint density at radius 1 is 1.38 bits per heavy atom. The Bertz CT molecular complexity index is 649. The highest BCUT2D eigenvalue weighted by molar-refractivity contribution is 5.78. The molecule has 0 fully saturated rings. The Kier molecular flexibility index (Phi) is 3.48. The van der Waals surface area contributed by atoms with Gasteiger partial charge in [-0.25, -0.2) is 0 Å². The number of hydrogen-bond acceptors (Lipinski definition) is 5. The minimum atomic E-state index is -0.249. The molecule has 108 valence electrons. The molecule has 1 aliphatic heterocycles. The first-order chi connectivity index (χ1) is 10.2. The highest BCUT2D eigenvalue weighted by Gasteiger charge is 2.26. The third kappa shape index (κ3) is 2.54. The topological polar surface area (TPSA) is 57.7 Å². The van der Waals surface area contributed by atoms with Crippen LogP contribution in [0.3, 0.4) is 0 Å². The van der Waals surface area contributed by atoms with Crippen molar-refractivity contribution in [1.29, 1.82) is 0 Å². The van der Waals surface area contributed by atoms with Gasteiger partial charge in [0.1, 0.15) is 12.9 Å². The first-order valence-electron chi connectivity index (χ1n) is 6.60. The van der Waals surface area contributed by atoms with Crippen molar-refractivity contribution in [2.45, 2.75) is 13.0 Å². The Hall–Kier alpha value is -2.56. The summed E-state index contributed by atoms with van der Waals surface area (Å²) in [7, 11) is 1.53. The second kappa shape index (κ2) is 5.44. The molecule has 1 atom stereocenters. The van der Waals surface area contributed by atoms with Crippen LogP contribution >= 0.6 is 0 Å². The lowest BCUT2D eigenvalue weighted by Crippen LogP contribution is -2.22. The molecule has 21 heavy (non-hydrogen) atoms. The molecule has 0 N–H and O–H groups in total. The summed E-state index contributed by atoms with van der Waals surface area (Å²) in [6.07, 6.45) is 2.28. The second-order valence-corrected chi connectivity index (χ2v) is 4.82. The minimum Gasteiger partial charge on any atom is -0.493 e. The van der Waals surface area contributed by atoms with E-state index in [1.165, 1.54) is 7.11 Å². The summed E-state index contributed by atoms with van der Waals surface area (Å²) in [5, 5.41) is 0. The summed E-state index contributed by atoms with van der Waals surface area (Å²) in [4.78, 5) is 15.2. The molecule has 0 saturated heterocycles. The second-order valence-electron chi connectivity index (χ2n) is 4.82. The molecule has 2 heterocycles. The van der Waals surface area contributed by atoms with Gasteiger partial charge in [-0.2, -0.15) is 0 Å². The standard InChI is InChI=1S/C16H15NO4/c1-10-3-4-12(7-17-10)15-9-20-14-6-11(8-18)5-13(19-2)16(14)21-15/h3-8,15H,9H2,1-2H3. The number of carbonyl (C=O) groups excluding carboxylic acids is 1. The number of methoxy groups -OCH3 is 1. The molecule has 1 aromatic heterocycles. The number of nitrogens with zero attached hydrogens (tertiary/aromatic N) is 1. The van der Waals surface area contributed by atoms with E-state index in [4.69, 9.17) is 14.2 Å². The summed E-state index contributed by atoms with van der Waals surface area (Å²) in [5.41, 5.74) is 2.38. The molecule has 0 saturated carbocycles. The number of aromatic nitrogens is 1. The van der Waals surface area contributed by atoms with E-state index in [1.807, 2.05) is 19.1 Å². The lowest BCUT2D eigenvalue weighted by atomic mass is 10.1. The molecule has 1 unspecified atom stereocenters. The van der Waals surface area contributed by atoms with Gasteiger partial charge in [0.2, 0.25) is 5.75 Å². The van der Waals surface area contributed by atoms with Crippen molar-refractivity contribution in [3.05, 3.63) is 47.3 Å². The van der Waals surface area contributed by atoms with Crippen molar-refractivity contribution < 1.29 is 19.0 Å². The van der Waals surface area contributed by atoms with Crippen molar-refractivity contribution in [3.63, 3.8) is 0 Å². The van der Waals surface area contributed by atoms with Crippen LogP contribution in [0.25, 0.3) is 0 Å². The van der Waals surface area contributed by atoms with Crippen molar-refractivity contribution in [2.24, 2.45) is 0 Å². The summed E-state index contributed by atoms with van der Waals surface area (Å²) in [6.45, 7) is 2.30. The smallest absolute Gasteiger partial charge is 0.204 e. The van der Waals surface area contributed by atoms with E-state index in [0.717, 1.165) is 17.5 Å². The van der Waals surface area contributed by atoms with Gasteiger partial charge >= 0.3 is 0 Å². The van der Waals surface area contributed by atoms with E-state index in [2.05, 4.69) is 4.98 Å². The Morgan fingerprint density at radius 2 is 2.24 bits per heavy atom. The van der Waals surface area contributed by atoms with E-state index in [-0.39, 0.29) is 6.10 Å². The third-order valence-corrected chi connectivity index (χ3v) is 3.36.